The van der Waals surface area contributed by atoms with Gasteiger partial charge in [0.2, 0.25) is 0 Å². The molecule has 2 heteroatoms. The molecule has 0 heterocycles. The second-order valence-corrected chi connectivity index (χ2v) is 13.1. The van der Waals surface area contributed by atoms with Gasteiger partial charge in [0, 0.05) is 0 Å². The van der Waals surface area contributed by atoms with Crippen LogP contribution in [0.5, 0.6) is 0 Å². The molecular formula is C10H20Si2. The fourth-order valence-electron chi connectivity index (χ4n) is 1.47. The summed E-state index contributed by atoms with van der Waals surface area (Å²) < 4.78 is 0. The molecule has 0 aromatic carbocycles. The zero-order chi connectivity index (χ0) is 9.35. The van der Waals surface area contributed by atoms with Crippen LogP contribution in [0.1, 0.15) is 6.42 Å². The van der Waals surface area contributed by atoms with Crippen LogP contribution in [0.4, 0.5) is 0 Å². The van der Waals surface area contributed by atoms with Gasteiger partial charge in [-0.2, -0.15) is 0 Å². The van der Waals surface area contributed by atoms with Gasteiger partial charge in [0.05, 0.1) is 16.9 Å². The van der Waals surface area contributed by atoms with Gasteiger partial charge in [-0.05, 0) is 6.42 Å². The molecule has 1 aliphatic carbocycles. The van der Waals surface area contributed by atoms with E-state index in [2.05, 4.69) is 44.9 Å². The molecule has 0 fully saturated rings. The minimum absolute atomic E-state index is 0.502. The lowest BCUT2D eigenvalue weighted by Crippen LogP contribution is -2.22. The van der Waals surface area contributed by atoms with E-state index < -0.39 is 16.9 Å². The van der Waals surface area contributed by atoms with E-state index in [0.717, 1.165) is 0 Å². The van der Waals surface area contributed by atoms with Crippen molar-refractivity contribution in [1.29, 1.82) is 0 Å². The fourth-order valence-corrected chi connectivity index (χ4v) is 4.07. The summed E-state index contributed by atoms with van der Waals surface area (Å²) in [7, 11) is -1.51. The minimum Gasteiger partial charge on any atom is -0.0816 e. The van der Waals surface area contributed by atoms with Gasteiger partial charge < -0.3 is 0 Å². The molecule has 68 valence electrons. The molecule has 12 heavy (non-hydrogen) atoms. The van der Waals surface area contributed by atoms with E-state index in [1.54, 1.807) is 10.4 Å². The van der Waals surface area contributed by atoms with Crippen molar-refractivity contribution >= 4 is 16.9 Å². The van der Waals surface area contributed by atoms with Gasteiger partial charge in [-0.25, -0.2) is 0 Å². The van der Waals surface area contributed by atoms with E-state index in [1.807, 2.05) is 0 Å². The molecule has 0 saturated carbocycles. The average Bonchev–Trinajstić information content (AvgIpc) is 2.30. The van der Waals surface area contributed by atoms with Crippen LogP contribution in [0, 0.1) is 0 Å². The maximum atomic E-state index is 2.50. The lowest BCUT2D eigenvalue weighted by molar-refractivity contribution is 1.38. The zero-order valence-corrected chi connectivity index (χ0v) is 11.1. The van der Waals surface area contributed by atoms with E-state index in [0.29, 0.717) is 0 Å². The molecule has 1 rings (SSSR count). The maximum Gasteiger partial charge on any atom is 0.0771 e. The Balaban J connectivity index is 2.75. The van der Waals surface area contributed by atoms with E-state index in [1.165, 1.54) is 6.42 Å². The predicted octanol–water partition coefficient (Wildman–Crippen LogP) is 3.15. The first kappa shape index (κ1) is 10.00. The molecule has 0 saturated heterocycles. The predicted molar refractivity (Wildman–Crippen MR) is 63.0 cm³/mol. The molecule has 0 bridgehead atoms. The highest BCUT2D eigenvalue weighted by molar-refractivity contribution is 6.84. The largest absolute Gasteiger partial charge is 0.0816 e. The van der Waals surface area contributed by atoms with Gasteiger partial charge in [0.25, 0.3) is 0 Å². The molecule has 1 aliphatic rings. The molecule has 0 nitrogen and oxygen atoms in total. The topological polar surface area (TPSA) is 0 Å². The van der Waals surface area contributed by atoms with E-state index in [4.69, 9.17) is 0 Å². The van der Waals surface area contributed by atoms with Crippen LogP contribution in [0.25, 0.3) is 0 Å². The lowest BCUT2D eigenvalue weighted by Gasteiger charge is -2.15. The molecule has 0 aromatic rings. The standard InChI is InChI=1S/C10H20Si2/c1-11(2)9-6-7-10(8-9)12(3,4)5/h7-8,11H,6H2,1-5H3. The molecule has 0 spiro atoms. The molecule has 0 unspecified atom stereocenters. The van der Waals surface area contributed by atoms with Crippen LogP contribution in [-0.2, 0) is 0 Å². The molecular weight excluding hydrogens is 176 g/mol. The lowest BCUT2D eigenvalue weighted by atomic mass is 10.5. The summed E-state index contributed by atoms with van der Waals surface area (Å²) in [4.78, 5) is 0. The van der Waals surface area contributed by atoms with Crippen molar-refractivity contribution < 1.29 is 0 Å². The Bertz CT molecular complexity index is 229. The maximum absolute atomic E-state index is 2.50. The average molecular weight is 196 g/mol. The second-order valence-electron chi connectivity index (χ2n) is 4.99. The first-order valence-corrected chi connectivity index (χ1v) is 11.2. The van der Waals surface area contributed by atoms with Crippen molar-refractivity contribution in [2.45, 2.75) is 39.2 Å². The molecule has 0 amide bonds. The van der Waals surface area contributed by atoms with Crippen molar-refractivity contribution in [1.82, 2.24) is 0 Å². The Hall–Kier alpha value is -0.0862. The van der Waals surface area contributed by atoms with Crippen LogP contribution < -0.4 is 0 Å². The molecule has 0 N–H and O–H groups in total. The van der Waals surface area contributed by atoms with E-state index >= 15 is 0 Å². The summed E-state index contributed by atoms with van der Waals surface area (Å²) in [6.45, 7) is 12.1. The third kappa shape index (κ3) is 2.20. The quantitative estimate of drug-likeness (QED) is 0.595. The van der Waals surface area contributed by atoms with Crippen LogP contribution in [-0.4, -0.2) is 16.9 Å². The van der Waals surface area contributed by atoms with Gasteiger partial charge in [0.15, 0.2) is 0 Å². The highest BCUT2D eigenvalue weighted by atomic mass is 28.3. The number of hydrogen-bond acceptors (Lipinski definition) is 0. The Morgan fingerprint density at radius 2 is 1.83 bits per heavy atom. The normalized spacial score (nSPS) is 18.2. The Labute approximate surface area is 79.0 Å². The Kier molecular flexibility index (Phi) is 2.78. The molecule has 0 aliphatic heterocycles. The Morgan fingerprint density at radius 1 is 1.25 bits per heavy atom. The second kappa shape index (κ2) is 3.34. The number of allylic oxidation sites excluding steroid dienone is 4. The molecule has 0 radical (unpaired) electrons. The number of hydrogen-bond donors (Lipinski definition) is 0. The summed E-state index contributed by atoms with van der Waals surface area (Å²) in [5.74, 6) is 0. The SMILES string of the molecule is C[SiH](C)C1=CC([Si](C)(C)C)=CC1. The van der Waals surface area contributed by atoms with Gasteiger partial charge in [-0.3, -0.25) is 0 Å². The smallest absolute Gasteiger partial charge is 0.0771 e. The van der Waals surface area contributed by atoms with Crippen molar-refractivity contribution in [3.8, 4) is 0 Å². The molecule has 0 atom stereocenters. The number of rotatable bonds is 2. The van der Waals surface area contributed by atoms with Crippen molar-refractivity contribution in [2.24, 2.45) is 0 Å². The summed E-state index contributed by atoms with van der Waals surface area (Å²) in [6, 6.07) is 0. The Morgan fingerprint density at radius 3 is 2.08 bits per heavy atom. The molecule has 0 aromatic heterocycles. The van der Waals surface area contributed by atoms with Gasteiger partial charge in [0.1, 0.15) is 0 Å². The highest BCUT2D eigenvalue weighted by Crippen LogP contribution is 2.26. The van der Waals surface area contributed by atoms with Crippen LogP contribution >= 0.6 is 0 Å². The van der Waals surface area contributed by atoms with E-state index in [9.17, 15) is 0 Å². The summed E-state index contributed by atoms with van der Waals surface area (Å²) in [6.07, 6.45) is 6.24. The first-order chi connectivity index (χ1) is 5.41. The van der Waals surface area contributed by atoms with Gasteiger partial charge >= 0.3 is 0 Å². The van der Waals surface area contributed by atoms with Crippen molar-refractivity contribution in [3.63, 3.8) is 0 Å². The van der Waals surface area contributed by atoms with Crippen LogP contribution in [0.3, 0.4) is 0 Å². The third-order valence-corrected chi connectivity index (χ3v) is 6.47. The van der Waals surface area contributed by atoms with Crippen molar-refractivity contribution in [3.05, 3.63) is 22.5 Å². The minimum atomic E-state index is -1.00. The summed E-state index contributed by atoms with van der Waals surface area (Å²) in [5, 5.41) is 3.44. The van der Waals surface area contributed by atoms with E-state index in [-0.39, 0.29) is 0 Å². The highest BCUT2D eigenvalue weighted by Gasteiger charge is 2.21. The van der Waals surface area contributed by atoms with Crippen LogP contribution in [0.2, 0.25) is 32.7 Å². The third-order valence-electron chi connectivity index (χ3n) is 2.51. The van der Waals surface area contributed by atoms with Gasteiger partial charge in [-0.1, -0.05) is 55.3 Å². The van der Waals surface area contributed by atoms with Gasteiger partial charge in [-0.15, -0.1) is 0 Å². The summed E-state index contributed by atoms with van der Waals surface area (Å²) in [5.41, 5.74) is 0. The monoisotopic (exact) mass is 196 g/mol. The van der Waals surface area contributed by atoms with Crippen LogP contribution in [0.15, 0.2) is 22.5 Å². The fraction of sp³-hybridized carbons (Fsp3) is 0.600. The summed E-state index contributed by atoms with van der Waals surface area (Å²) >= 11 is 0. The van der Waals surface area contributed by atoms with Crippen molar-refractivity contribution in [2.75, 3.05) is 0 Å². The zero-order valence-electron chi connectivity index (χ0n) is 8.94. The first-order valence-electron chi connectivity index (χ1n) is 4.82.